The molecular weight excluding hydrogens is 387 g/mol. The van der Waals surface area contributed by atoms with E-state index in [-0.39, 0.29) is 24.0 Å². The number of aryl methyl sites for hydroxylation is 2. The summed E-state index contributed by atoms with van der Waals surface area (Å²) in [5.74, 6) is 0.813. The monoisotopic (exact) mass is 412 g/mol. The van der Waals surface area contributed by atoms with Gasteiger partial charge in [-0.1, -0.05) is 0 Å². The first-order valence-corrected chi connectivity index (χ1v) is 7.51. The van der Waals surface area contributed by atoms with Crippen LogP contribution in [0.3, 0.4) is 0 Å². The van der Waals surface area contributed by atoms with E-state index < -0.39 is 0 Å². The maximum Gasteiger partial charge on any atom is 0.191 e. The van der Waals surface area contributed by atoms with E-state index in [1.807, 2.05) is 13.8 Å². The smallest absolute Gasteiger partial charge is 0.191 e. The molecule has 0 saturated heterocycles. The van der Waals surface area contributed by atoms with Crippen molar-refractivity contribution < 1.29 is 4.74 Å². The Hall–Kier alpha value is -0.410. The molecule has 0 aliphatic rings. The summed E-state index contributed by atoms with van der Waals surface area (Å²) >= 11 is 1.71. The molecule has 7 heteroatoms. The molecule has 0 aliphatic carbocycles. The number of ether oxygens (including phenoxy) is 1. The number of halogens is 1. The van der Waals surface area contributed by atoms with Gasteiger partial charge in [-0.25, -0.2) is 9.98 Å². The van der Waals surface area contributed by atoms with Crippen molar-refractivity contribution in [3.63, 3.8) is 0 Å². The van der Waals surface area contributed by atoms with Crippen LogP contribution >= 0.6 is 35.3 Å². The SMILES string of the molecule is CCNC(=NCc1nc(C)c(C)s1)NCCOCC.I. The van der Waals surface area contributed by atoms with E-state index in [1.54, 1.807) is 11.3 Å². The van der Waals surface area contributed by atoms with Gasteiger partial charge in [0.05, 0.1) is 18.8 Å². The Kier molecular flexibility index (Phi) is 11.0. The first-order valence-electron chi connectivity index (χ1n) is 6.70. The highest BCUT2D eigenvalue weighted by Gasteiger charge is 2.03. The molecule has 0 radical (unpaired) electrons. The van der Waals surface area contributed by atoms with Crippen LogP contribution in [0.5, 0.6) is 0 Å². The van der Waals surface area contributed by atoms with Crippen molar-refractivity contribution in [1.29, 1.82) is 0 Å². The Morgan fingerprint density at radius 2 is 2.05 bits per heavy atom. The fourth-order valence-electron chi connectivity index (χ4n) is 1.48. The number of nitrogens with zero attached hydrogens (tertiary/aromatic N) is 2. The molecule has 1 heterocycles. The number of nitrogens with one attached hydrogen (secondary N) is 2. The number of hydrogen-bond donors (Lipinski definition) is 2. The Morgan fingerprint density at radius 3 is 2.60 bits per heavy atom. The second kappa shape index (κ2) is 11.3. The van der Waals surface area contributed by atoms with Crippen LogP contribution in [0.15, 0.2) is 4.99 Å². The maximum atomic E-state index is 5.29. The van der Waals surface area contributed by atoms with E-state index in [0.29, 0.717) is 13.2 Å². The highest BCUT2D eigenvalue weighted by atomic mass is 127. The summed E-state index contributed by atoms with van der Waals surface area (Å²) in [6.45, 7) is 11.8. The standard InChI is InChI=1S/C13H24N4OS.HI/c1-5-14-13(15-7-8-18-6-2)16-9-12-17-10(3)11(4)19-12;/h5-9H2,1-4H3,(H2,14,15,16);1H. The third kappa shape index (κ3) is 7.39. The van der Waals surface area contributed by atoms with Crippen molar-refractivity contribution in [1.82, 2.24) is 15.6 Å². The molecule has 1 rings (SSSR count). The summed E-state index contributed by atoms with van der Waals surface area (Å²) in [5, 5.41) is 7.50. The fourth-order valence-corrected chi connectivity index (χ4v) is 2.34. The van der Waals surface area contributed by atoms with Crippen LogP contribution in [0.1, 0.15) is 29.4 Å². The quantitative estimate of drug-likeness (QED) is 0.313. The van der Waals surface area contributed by atoms with Crippen LogP contribution < -0.4 is 10.6 Å². The molecule has 0 amide bonds. The van der Waals surface area contributed by atoms with E-state index in [4.69, 9.17) is 4.74 Å². The van der Waals surface area contributed by atoms with Crippen molar-refractivity contribution in [2.75, 3.05) is 26.3 Å². The Bertz CT molecular complexity index is 390. The molecule has 2 N–H and O–H groups in total. The van der Waals surface area contributed by atoms with Crippen LogP contribution in [0.25, 0.3) is 0 Å². The van der Waals surface area contributed by atoms with Gasteiger partial charge in [-0.15, -0.1) is 35.3 Å². The second-order valence-electron chi connectivity index (χ2n) is 4.07. The number of aliphatic imine (C=N–C) groups is 1. The molecule has 0 aromatic carbocycles. The normalized spacial score (nSPS) is 11.1. The highest BCUT2D eigenvalue weighted by Crippen LogP contribution is 2.16. The summed E-state index contributed by atoms with van der Waals surface area (Å²) < 4.78 is 5.29. The number of hydrogen-bond acceptors (Lipinski definition) is 4. The summed E-state index contributed by atoms with van der Waals surface area (Å²) in [5.41, 5.74) is 1.10. The van der Waals surface area contributed by atoms with Crippen molar-refractivity contribution >= 4 is 41.3 Å². The lowest BCUT2D eigenvalue weighted by molar-refractivity contribution is 0.152. The maximum absolute atomic E-state index is 5.29. The summed E-state index contributed by atoms with van der Waals surface area (Å²) in [4.78, 5) is 10.3. The zero-order chi connectivity index (χ0) is 14.1. The van der Waals surface area contributed by atoms with Crippen LogP contribution in [0.2, 0.25) is 0 Å². The highest BCUT2D eigenvalue weighted by molar-refractivity contribution is 14.0. The molecule has 116 valence electrons. The lowest BCUT2D eigenvalue weighted by atomic mass is 10.4. The molecule has 0 bridgehead atoms. The molecule has 0 fully saturated rings. The minimum atomic E-state index is 0. The first kappa shape index (κ1) is 19.6. The predicted octanol–water partition coefficient (Wildman–Crippen LogP) is 2.47. The zero-order valence-corrected chi connectivity index (χ0v) is 15.8. The van der Waals surface area contributed by atoms with Gasteiger partial charge in [-0.2, -0.15) is 0 Å². The van der Waals surface area contributed by atoms with Crippen LogP contribution in [0, 0.1) is 13.8 Å². The second-order valence-corrected chi connectivity index (χ2v) is 5.36. The topological polar surface area (TPSA) is 58.5 Å². The fraction of sp³-hybridized carbons (Fsp3) is 0.692. The number of thiazole rings is 1. The van der Waals surface area contributed by atoms with Gasteiger partial charge in [0.15, 0.2) is 5.96 Å². The lowest BCUT2D eigenvalue weighted by Gasteiger charge is -2.10. The number of guanidine groups is 1. The van der Waals surface area contributed by atoms with Crippen LogP contribution in [0.4, 0.5) is 0 Å². The third-order valence-corrected chi connectivity index (χ3v) is 3.59. The van der Waals surface area contributed by atoms with Crippen molar-refractivity contribution in [3.05, 3.63) is 15.6 Å². The minimum Gasteiger partial charge on any atom is -0.380 e. The summed E-state index contributed by atoms with van der Waals surface area (Å²) in [7, 11) is 0. The summed E-state index contributed by atoms with van der Waals surface area (Å²) in [6.07, 6.45) is 0. The van der Waals surface area contributed by atoms with E-state index in [1.165, 1.54) is 4.88 Å². The Labute approximate surface area is 142 Å². The molecule has 20 heavy (non-hydrogen) atoms. The van der Waals surface area contributed by atoms with Gasteiger partial charge in [0.2, 0.25) is 0 Å². The van der Waals surface area contributed by atoms with E-state index >= 15 is 0 Å². The van der Waals surface area contributed by atoms with Crippen molar-refractivity contribution in [2.45, 2.75) is 34.2 Å². The molecule has 1 aromatic heterocycles. The molecular formula is C13H25IN4OS. The molecule has 1 aromatic rings. The molecule has 5 nitrogen and oxygen atoms in total. The van der Waals surface area contributed by atoms with E-state index in [2.05, 4.69) is 34.5 Å². The average Bonchev–Trinajstić information content (AvgIpc) is 2.71. The molecule has 0 spiro atoms. The predicted molar refractivity (Wildman–Crippen MR) is 96.3 cm³/mol. The zero-order valence-electron chi connectivity index (χ0n) is 12.7. The van der Waals surface area contributed by atoms with Gasteiger partial charge in [0.1, 0.15) is 5.01 Å². The van der Waals surface area contributed by atoms with Gasteiger partial charge in [-0.05, 0) is 27.7 Å². The van der Waals surface area contributed by atoms with Gasteiger partial charge in [0.25, 0.3) is 0 Å². The van der Waals surface area contributed by atoms with Crippen molar-refractivity contribution in [2.24, 2.45) is 4.99 Å². The van der Waals surface area contributed by atoms with Gasteiger partial charge in [0, 0.05) is 24.6 Å². The van der Waals surface area contributed by atoms with Gasteiger partial charge >= 0.3 is 0 Å². The molecule has 0 aliphatic heterocycles. The lowest BCUT2D eigenvalue weighted by Crippen LogP contribution is -2.39. The molecule has 0 saturated carbocycles. The third-order valence-electron chi connectivity index (χ3n) is 2.53. The van der Waals surface area contributed by atoms with E-state index in [9.17, 15) is 0 Å². The average molecular weight is 412 g/mol. The summed E-state index contributed by atoms with van der Waals surface area (Å²) in [6, 6.07) is 0. The molecule has 0 unspecified atom stereocenters. The number of aromatic nitrogens is 1. The largest absolute Gasteiger partial charge is 0.380 e. The molecule has 0 atom stereocenters. The first-order chi connectivity index (χ1) is 9.17. The van der Waals surface area contributed by atoms with Crippen LogP contribution in [-0.2, 0) is 11.3 Å². The van der Waals surface area contributed by atoms with E-state index in [0.717, 1.165) is 36.4 Å². The Morgan fingerprint density at radius 1 is 1.30 bits per heavy atom. The van der Waals surface area contributed by atoms with Gasteiger partial charge < -0.3 is 15.4 Å². The minimum absolute atomic E-state index is 0. The van der Waals surface area contributed by atoms with Crippen molar-refractivity contribution in [3.8, 4) is 0 Å². The number of rotatable bonds is 7. The Balaban J connectivity index is 0.00000361. The van der Waals surface area contributed by atoms with Crippen LogP contribution in [-0.4, -0.2) is 37.2 Å². The van der Waals surface area contributed by atoms with Gasteiger partial charge in [-0.3, -0.25) is 0 Å².